The summed E-state index contributed by atoms with van der Waals surface area (Å²) in [6.07, 6.45) is 2.11. The first-order chi connectivity index (χ1) is 14.2. The molecule has 0 N–H and O–H groups in total. The number of benzene rings is 4. The summed E-state index contributed by atoms with van der Waals surface area (Å²) in [7, 11) is -0.544. The smallest absolute Gasteiger partial charge is 0.00380 e. The van der Waals surface area contributed by atoms with E-state index in [1.54, 1.807) is 0 Å². The summed E-state index contributed by atoms with van der Waals surface area (Å²) >= 11 is 0. The van der Waals surface area contributed by atoms with Crippen molar-refractivity contribution in [1.82, 2.24) is 0 Å². The molecule has 0 aliphatic rings. The maximum Gasteiger partial charge on any atom is 0.00380 e. The van der Waals surface area contributed by atoms with Gasteiger partial charge in [0.1, 0.15) is 0 Å². The second-order valence-corrected chi connectivity index (χ2v) is 10.6. The molecule has 0 saturated carbocycles. The van der Waals surface area contributed by atoms with Crippen LogP contribution in [0.25, 0.3) is 0 Å². The molecule has 0 fully saturated rings. The zero-order valence-electron chi connectivity index (χ0n) is 16.9. The fraction of sp³-hybridized carbons (Fsp3) is 0.143. The van der Waals surface area contributed by atoms with Gasteiger partial charge in [0.25, 0.3) is 0 Å². The second kappa shape index (κ2) is 9.21. The summed E-state index contributed by atoms with van der Waals surface area (Å²) in [5, 5.41) is 2.99. The molecule has 4 rings (SSSR count). The molecule has 0 nitrogen and oxygen atoms in total. The summed E-state index contributed by atoms with van der Waals surface area (Å²) in [6.45, 7) is 2.48. The van der Waals surface area contributed by atoms with Crippen molar-refractivity contribution in [2.24, 2.45) is 0 Å². The van der Waals surface area contributed by atoms with Gasteiger partial charge < -0.3 is 0 Å². The number of hydrogen-bond donors (Lipinski definition) is 0. The molecule has 4 aromatic carbocycles. The molecule has 0 bridgehead atoms. The first kappa shape index (κ1) is 19.6. The molecular formula is C28H27P. The van der Waals surface area contributed by atoms with Crippen LogP contribution in [0.1, 0.15) is 18.1 Å². The van der Waals surface area contributed by atoms with Crippen molar-refractivity contribution < 1.29 is 0 Å². The van der Waals surface area contributed by atoms with Gasteiger partial charge in [0, 0.05) is 5.16 Å². The third-order valence-electron chi connectivity index (χ3n) is 5.42. The van der Waals surface area contributed by atoms with Gasteiger partial charge in [0.2, 0.25) is 0 Å². The van der Waals surface area contributed by atoms with Crippen LogP contribution in [0.2, 0.25) is 0 Å². The van der Waals surface area contributed by atoms with Crippen molar-refractivity contribution in [2.75, 3.05) is 0 Å². The molecule has 4 aromatic rings. The van der Waals surface area contributed by atoms with Gasteiger partial charge >= 0.3 is 0 Å². The largest absolute Gasteiger partial charge is 0.0622 e. The maximum atomic E-state index is 2.48. The van der Waals surface area contributed by atoms with Crippen molar-refractivity contribution in [3.8, 4) is 0 Å². The lowest BCUT2D eigenvalue weighted by atomic mass is 9.93. The van der Waals surface area contributed by atoms with Crippen LogP contribution in [0, 0.1) is 0 Å². The van der Waals surface area contributed by atoms with E-state index >= 15 is 0 Å². The van der Waals surface area contributed by atoms with E-state index in [2.05, 4.69) is 128 Å². The Labute approximate surface area is 176 Å². The lowest BCUT2D eigenvalue weighted by Crippen LogP contribution is -2.36. The highest BCUT2D eigenvalue weighted by atomic mass is 31.1. The summed E-state index contributed by atoms with van der Waals surface area (Å²) in [5.74, 6) is 0. The molecule has 0 saturated heterocycles. The van der Waals surface area contributed by atoms with Gasteiger partial charge in [-0.2, -0.15) is 0 Å². The highest BCUT2D eigenvalue weighted by molar-refractivity contribution is 7.74. The molecule has 0 amide bonds. The molecule has 1 heteroatoms. The predicted molar refractivity (Wildman–Crippen MR) is 128 cm³/mol. The van der Waals surface area contributed by atoms with Crippen LogP contribution in [-0.4, -0.2) is 5.16 Å². The van der Waals surface area contributed by atoms with E-state index in [-0.39, 0.29) is 5.16 Å². The summed E-state index contributed by atoms with van der Waals surface area (Å²) < 4.78 is 0. The Kier molecular flexibility index (Phi) is 6.23. The fourth-order valence-electron chi connectivity index (χ4n) is 4.22. The summed E-state index contributed by atoms with van der Waals surface area (Å²) in [4.78, 5) is 0. The Balaban J connectivity index is 1.83. The van der Waals surface area contributed by atoms with E-state index in [4.69, 9.17) is 0 Å². The topological polar surface area (TPSA) is 0 Å². The predicted octanol–water partition coefficient (Wildman–Crippen LogP) is 6.36. The lowest BCUT2D eigenvalue weighted by Gasteiger charge is -2.39. The highest BCUT2D eigenvalue weighted by Crippen LogP contribution is 2.51. The Morgan fingerprint density at radius 3 is 1.14 bits per heavy atom. The quantitative estimate of drug-likeness (QED) is 0.320. The lowest BCUT2D eigenvalue weighted by molar-refractivity contribution is 0.627. The Hall–Kier alpha value is -2.69. The maximum absolute atomic E-state index is 2.48. The van der Waals surface area contributed by atoms with Crippen molar-refractivity contribution in [1.29, 1.82) is 0 Å². The van der Waals surface area contributed by atoms with Crippen LogP contribution in [0.3, 0.4) is 0 Å². The molecule has 0 unspecified atom stereocenters. The number of hydrogen-bond acceptors (Lipinski definition) is 0. The average Bonchev–Trinajstić information content (AvgIpc) is 2.77. The van der Waals surface area contributed by atoms with Gasteiger partial charge in [-0.15, -0.1) is 0 Å². The van der Waals surface area contributed by atoms with Crippen LogP contribution in [0.5, 0.6) is 0 Å². The van der Waals surface area contributed by atoms with Gasteiger partial charge in [-0.3, -0.25) is 0 Å². The van der Waals surface area contributed by atoms with E-state index in [1.165, 1.54) is 21.7 Å². The molecule has 0 heterocycles. The third-order valence-corrected chi connectivity index (χ3v) is 8.45. The minimum Gasteiger partial charge on any atom is -0.0622 e. The van der Waals surface area contributed by atoms with E-state index in [1.807, 2.05) is 0 Å². The summed E-state index contributed by atoms with van der Waals surface area (Å²) in [5.41, 5.74) is 2.82. The zero-order chi connectivity index (χ0) is 19.9. The van der Waals surface area contributed by atoms with E-state index in [0.717, 1.165) is 12.8 Å². The van der Waals surface area contributed by atoms with Crippen LogP contribution >= 0.6 is 7.92 Å². The molecule has 0 radical (unpaired) electrons. The molecule has 0 atom stereocenters. The Morgan fingerprint density at radius 2 is 0.793 bits per heavy atom. The van der Waals surface area contributed by atoms with Crippen molar-refractivity contribution in [3.05, 3.63) is 132 Å². The van der Waals surface area contributed by atoms with Crippen molar-refractivity contribution >= 4 is 18.5 Å². The van der Waals surface area contributed by atoms with E-state index in [9.17, 15) is 0 Å². The van der Waals surface area contributed by atoms with Crippen molar-refractivity contribution in [3.63, 3.8) is 0 Å². The molecule has 29 heavy (non-hydrogen) atoms. The van der Waals surface area contributed by atoms with Crippen molar-refractivity contribution in [2.45, 2.75) is 24.9 Å². The zero-order valence-corrected chi connectivity index (χ0v) is 17.8. The normalized spacial score (nSPS) is 11.5. The molecule has 0 aromatic heterocycles. The fourth-order valence-corrected chi connectivity index (χ4v) is 7.39. The first-order valence-corrected chi connectivity index (χ1v) is 11.6. The standard InChI is InChI=1S/C28H27P/c1-28(22-24-14-6-2-7-15-24,23-25-16-8-3-9-17-25)29(26-18-10-4-11-19-26)27-20-12-5-13-21-27/h2-21H,22-23H2,1H3. The van der Waals surface area contributed by atoms with Gasteiger partial charge in [0.05, 0.1) is 0 Å². The van der Waals surface area contributed by atoms with Gasteiger partial charge in [-0.1, -0.05) is 128 Å². The molecule has 0 aliphatic heterocycles. The Bertz CT molecular complexity index is 914. The SMILES string of the molecule is CC(Cc1ccccc1)(Cc1ccccc1)P(c1ccccc1)c1ccccc1. The van der Waals surface area contributed by atoms with Gasteiger partial charge in [-0.05, 0) is 42.5 Å². The van der Waals surface area contributed by atoms with E-state index in [0.29, 0.717) is 0 Å². The first-order valence-electron chi connectivity index (χ1n) is 10.2. The van der Waals surface area contributed by atoms with Crippen LogP contribution in [0.4, 0.5) is 0 Å². The third kappa shape index (κ3) is 4.84. The minimum absolute atomic E-state index is 0.0980. The van der Waals surface area contributed by atoms with Gasteiger partial charge in [-0.25, -0.2) is 0 Å². The Morgan fingerprint density at radius 1 is 0.483 bits per heavy atom. The van der Waals surface area contributed by atoms with Crippen LogP contribution in [-0.2, 0) is 12.8 Å². The molecular weight excluding hydrogens is 367 g/mol. The van der Waals surface area contributed by atoms with Gasteiger partial charge in [0.15, 0.2) is 0 Å². The highest BCUT2D eigenvalue weighted by Gasteiger charge is 2.36. The van der Waals surface area contributed by atoms with Crippen LogP contribution in [0.15, 0.2) is 121 Å². The minimum atomic E-state index is -0.544. The number of rotatable bonds is 7. The molecule has 0 spiro atoms. The van der Waals surface area contributed by atoms with E-state index < -0.39 is 7.92 Å². The second-order valence-electron chi connectivity index (χ2n) is 7.83. The molecule has 0 aliphatic carbocycles. The monoisotopic (exact) mass is 394 g/mol. The average molecular weight is 394 g/mol. The summed E-state index contributed by atoms with van der Waals surface area (Å²) in [6, 6.07) is 44.1. The van der Waals surface area contributed by atoms with Crippen LogP contribution < -0.4 is 10.6 Å². The molecule has 144 valence electrons.